The Morgan fingerprint density at radius 3 is 1.63 bits per heavy atom. The van der Waals surface area contributed by atoms with E-state index in [0.29, 0.717) is 5.92 Å². The van der Waals surface area contributed by atoms with Gasteiger partial charge >= 0.3 is 0 Å². The summed E-state index contributed by atoms with van der Waals surface area (Å²) in [5, 5.41) is 0. The van der Waals surface area contributed by atoms with Gasteiger partial charge in [-0.2, -0.15) is 0 Å². The van der Waals surface area contributed by atoms with Crippen molar-refractivity contribution in [2.45, 2.75) is 137 Å². The van der Waals surface area contributed by atoms with Crippen molar-refractivity contribution in [3.05, 3.63) is 82.2 Å². The molecule has 0 unspecified atom stereocenters. The highest BCUT2D eigenvalue weighted by molar-refractivity contribution is 7.24. The first-order valence-electron chi connectivity index (χ1n) is 17.3. The maximum Gasteiger partial charge on any atom is 0.0481 e. The molecule has 232 valence electrons. The summed E-state index contributed by atoms with van der Waals surface area (Å²) in [6, 6.07) is 23.5. The van der Waals surface area contributed by atoms with E-state index in [9.17, 15) is 0 Å². The molecule has 0 saturated heterocycles. The molecule has 0 saturated carbocycles. The third kappa shape index (κ3) is 8.52. The van der Waals surface area contributed by atoms with E-state index in [2.05, 4.69) is 120 Å². The Morgan fingerprint density at radius 1 is 0.581 bits per heavy atom. The van der Waals surface area contributed by atoms with Crippen LogP contribution in [0, 0.1) is 0 Å². The van der Waals surface area contributed by atoms with Gasteiger partial charge in [-0.05, 0) is 90.0 Å². The van der Waals surface area contributed by atoms with Gasteiger partial charge in [0.15, 0.2) is 0 Å². The minimum Gasteiger partial charge on any atom is -0.139 e. The van der Waals surface area contributed by atoms with Crippen molar-refractivity contribution < 1.29 is 0 Å². The molecule has 0 nitrogen and oxygen atoms in total. The Balaban J connectivity index is 1.68. The van der Waals surface area contributed by atoms with Crippen LogP contribution in [-0.2, 0) is 18.3 Å². The monoisotopic (exact) mass is 612 g/mol. The highest BCUT2D eigenvalue weighted by Gasteiger charge is 2.29. The summed E-state index contributed by atoms with van der Waals surface area (Å²) in [4.78, 5) is 6.11. The minimum atomic E-state index is 0.271. The molecule has 43 heavy (non-hydrogen) atoms. The fourth-order valence-corrected chi connectivity index (χ4v) is 8.99. The number of benzene rings is 2. The lowest BCUT2D eigenvalue weighted by atomic mass is 9.81. The maximum absolute atomic E-state index is 2.60. The lowest BCUT2D eigenvalue weighted by Gasteiger charge is -2.27. The number of rotatable bonds is 17. The third-order valence-corrected chi connectivity index (χ3v) is 12.5. The van der Waals surface area contributed by atoms with Gasteiger partial charge in [-0.1, -0.05) is 136 Å². The Kier molecular flexibility index (Phi) is 12.7. The van der Waals surface area contributed by atoms with E-state index in [1.807, 2.05) is 11.3 Å². The van der Waals surface area contributed by atoms with Gasteiger partial charge in [0.05, 0.1) is 0 Å². The second-order valence-electron chi connectivity index (χ2n) is 13.2. The van der Waals surface area contributed by atoms with Crippen molar-refractivity contribution >= 4 is 22.7 Å². The summed E-state index contributed by atoms with van der Waals surface area (Å²) < 4.78 is 0. The molecule has 2 aromatic heterocycles. The molecule has 2 aromatic carbocycles. The molecule has 0 amide bonds. The Labute approximate surface area is 272 Å². The van der Waals surface area contributed by atoms with Crippen LogP contribution >= 0.6 is 22.7 Å². The Hall–Kier alpha value is -2.16. The van der Waals surface area contributed by atoms with E-state index in [1.165, 1.54) is 114 Å². The lowest BCUT2D eigenvalue weighted by Crippen LogP contribution is -2.19. The SMILES string of the molecule is CCCCCCc1cc(-c2ccc(-c3ccc(C(C)C)cc3)cc2)sc1-c1cc(CCCCCC)c(C(C)(CC)CC)s1. The fraction of sp³-hybridized carbons (Fsp3) is 0.512. The molecular formula is C41H56S2. The Bertz CT molecular complexity index is 1380. The van der Waals surface area contributed by atoms with Gasteiger partial charge in [-0.25, -0.2) is 0 Å². The summed E-state index contributed by atoms with van der Waals surface area (Å²) in [6.45, 7) is 16.4. The van der Waals surface area contributed by atoms with Crippen molar-refractivity contribution in [2.75, 3.05) is 0 Å². The molecular weight excluding hydrogens is 557 g/mol. The van der Waals surface area contributed by atoms with Crippen LogP contribution in [0.2, 0.25) is 0 Å². The minimum absolute atomic E-state index is 0.271. The first-order chi connectivity index (χ1) is 20.8. The number of unbranched alkanes of at least 4 members (excludes halogenated alkanes) is 6. The summed E-state index contributed by atoms with van der Waals surface area (Å²) in [5.41, 5.74) is 8.80. The predicted octanol–water partition coefficient (Wildman–Crippen LogP) is 14.3. The summed E-state index contributed by atoms with van der Waals surface area (Å²) in [5.74, 6) is 0.565. The summed E-state index contributed by atoms with van der Waals surface area (Å²) in [6.07, 6.45) is 15.4. The first kappa shape index (κ1) is 33.7. The van der Waals surface area contributed by atoms with Gasteiger partial charge in [0.1, 0.15) is 0 Å². The van der Waals surface area contributed by atoms with Crippen molar-refractivity contribution in [3.8, 4) is 31.3 Å². The molecule has 4 rings (SSSR count). The highest BCUT2D eigenvalue weighted by Crippen LogP contribution is 2.47. The van der Waals surface area contributed by atoms with E-state index < -0.39 is 0 Å². The molecule has 4 aromatic rings. The van der Waals surface area contributed by atoms with E-state index in [-0.39, 0.29) is 5.41 Å². The average molecular weight is 613 g/mol. The Morgan fingerprint density at radius 2 is 1.09 bits per heavy atom. The van der Waals surface area contributed by atoms with Crippen LogP contribution < -0.4 is 0 Å². The maximum atomic E-state index is 2.60. The predicted molar refractivity (Wildman–Crippen MR) is 196 cm³/mol. The fourth-order valence-electron chi connectivity index (χ4n) is 6.15. The van der Waals surface area contributed by atoms with Crippen LogP contribution in [-0.4, -0.2) is 0 Å². The van der Waals surface area contributed by atoms with E-state index in [0.717, 1.165) is 0 Å². The zero-order chi connectivity index (χ0) is 30.8. The van der Waals surface area contributed by atoms with Crippen molar-refractivity contribution in [2.24, 2.45) is 0 Å². The smallest absolute Gasteiger partial charge is 0.0481 e. The summed E-state index contributed by atoms with van der Waals surface area (Å²) >= 11 is 4.14. The first-order valence-corrected chi connectivity index (χ1v) is 18.9. The van der Waals surface area contributed by atoms with E-state index in [1.54, 1.807) is 16.0 Å². The number of aryl methyl sites for hydroxylation is 2. The van der Waals surface area contributed by atoms with Gasteiger partial charge in [-0.15, -0.1) is 22.7 Å². The summed E-state index contributed by atoms with van der Waals surface area (Å²) in [7, 11) is 0. The van der Waals surface area contributed by atoms with Gasteiger partial charge < -0.3 is 0 Å². The molecule has 0 atom stereocenters. The molecule has 0 radical (unpaired) electrons. The topological polar surface area (TPSA) is 0 Å². The van der Waals surface area contributed by atoms with Crippen LogP contribution in [0.5, 0.6) is 0 Å². The van der Waals surface area contributed by atoms with Crippen LogP contribution in [0.3, 0.4) is 0 Å². The standard InChI is InChI=1S/C41H56S2/c1-8-12-14-16-18-35-28-37(34-26-24-33(25-27-34)32-22-20-31(21-23-32)30(5)6)42-39(35)38-29-36(19-17-15-13-9-2)40(43-38)41(7,10-3)11-4/h20-30H,8-19H2,1-7H3. The van der Waals surface area contributed by atoms with E-state index >= 15 is 0 Å². The number of hydrogen-bond acceptors (Lipinski definition) is 2. The highest BCUT2D eigenvalue weighted by atomic mass is 32.1. The number of thiophene rings is 2. The van der Waals surface area contributed by atoms with Crippen LogP contribution in [0.25, 0.3) is 31.3 Å². The largest absolute Gasteiger partial charge is 0.139 e. The molecule has 0 spiro atoms. The van der Waals surface area contributed by atoms with Gasteiger partial charge in [-0.3, -0.25) is 0 Å². The molecule has 0 aliphatic carbocycles. The molecule has 0 bridgehead atoms. The zero-order valence-corrected chi connectivity index (χ0v) is 29.8. The molecule has 0 aliphatic rings. The van der Waals surface area contributed by atoms with Gasteiger partial charge in [0.2, 0.25) is 0 Å². The van der Waals surface area contributed by atoms with Crippen LogP contribution in [0.1, 0.15) is 140 Å². The average Bonchev–Trinajstić information content (AvgIpc) is 3.66. The molecule has 2 heteroatoms. The number of hydrogen-bond donors (Lipinski definition) is 0. The van der Waals surface area contributed by atoms with Crippen molar-refractivity contribution in [1.29, 1.82) is 0 Å². The molecule has 0 N–H and O–H groups in total. The zero-order valence-electron chi connectivity index (χ0n) is 28.2. The van der Waals surface area contributed by atoms with Crippen molar-refractivity contribution in [3.63, 3.8) is 0 Å². The normalized spacial score (nSPS) is 12.0. The molecule has 0 aliphatic heterocycles. The van der Waals surface area contributed by atoms with Crippen LogP contribution in [0.15, 0.2) is 60.7 Å². The van der Waals surface area contributed by atoms with Crippen LogP contribution in [0.4, 0.5) is 0 Å². The molecule has 0 fully saturated rings. The van der Waals surface area contributed by atoms with Gasteiger partial charge in [0, 0.05) is 24.9 Å². The second kappa shape index (κ2) is 16.2. The molecule has 2 heterocycles. The second-order valence-corrected chi connectivity index (χ2v) is 15.3. The van der Waals surface area contributed by atoms with Gasteiger partial charge in [0.25, 0.3) is 0 Å². The lowest BCUT2D eigenvalue weighted by molar-refractivity contribution is 0.443. The third-order valence-electron chi connectivity index (χ3n) is 9.63. The van der Waals surface area contributed by atoms with Crippen molar-refractivity contribution in [1.82, 2.24) is 0 Å². The van der Waals surface area contributed by atoms with E-state index in [4.69, 9.17) is 0 Å². The quantitative estimate of drug-likeness (QED) is 0.104.